The molecule has 0 saturated heterocycles. The van der Waals surface area contributed by atoms with Crippen molar-refractivity contribution in [2.24, 2.45) is 0 Å². The van der Waals surface area contributed by atoms with Crippen LogP contribution in [-0.4, -0.2) is 24.5 Å². The second-order valence-electron chi connectivity index (χ2n) is 8.40. The molecule has 166 valence electrons. The molecule has 0 aliphatic carbocycles. The summed E-state index contributed by atoms with van der Waals surface area (Å²) in [4.78, 5) is 2.20. The summed E-state index contributed by atoms with van der Waals surface area (Å²) in [7, 11) is 0. The molecule has 32 heavy (non-hydrogen) atoms. The zero-order chi connectivity index (χ0) is 22.8. The lowest BCUT2D eigenvalue weighted by atomic mass is 9.94. The lowest BCUT2D eigenvalue weighted by Crippen LogP contribution is -2.32. The molecule has 0 spiro atoms. The Balaban J connectivity index is 1.44. The maximum atomic E-state index is 14.7. The third-order valence-corrected chi connectivity index (χ3v) is 6.19. The molecule has 1 unspecified atom stereocenters. The number of hydrogen-bond donors (Lipinski definition) is 0. The van der Waals surface area contributed by atoms with Crippen LogP contribution in [0.25, 0.3) is 16.7 Å². The molecule has 3 aromatic carbocycles. The minimum Gasteiger partial charge on any atom is -0.299 e. The predicted molar refractivity (Wildman–Crippen MR) is 120 cm³/mol. The molecular formula is C27H25F4N. The van der Waals surface area contributed by atoms with Gasteiger partial charge in [0, 0.05) is 36.3 Å². The van der Waals surface area contributed by atoms with E-state index in [4.69, 9.17) is 0 Å². The maximum absolute atomic E-state index is 14.7. The monoisotopic (exact) mass is 439 g/mol. The third kappa shape index (κ3) is 4.49. The van der Waals surface area contributed by atoms with Crippen LogP contribution in [0.1, 0.15) is 36.0 Å². The Morgan fingerprint density at radius 2 is 1.62 bits per heavy atom. The van der Waals surface area contributed by atoms with E-state index >= 15 is 0 Å². The van der Waals surface area contributed by atoms with Crippen molar-refractivity contribution in [1.82, 2.24) is 4.90 Å². The first kappa shape index (κ1) is 22.3. The number of hydrogen-bond acceptors (Lipinski definition) is 1. The van der Waals surface area contributed by atoms with Crippen molar-refractivity contribution in [2.45, 2.75) is 26.2 Å². The lowest BCUT2D eigenvalue weighted by Gasteiger charge is -2.29. The quantitative estimate of drug-likeness (QED) is 0.302. The summed E-state index contributed by atoms with van der Waals surface area (Å²) < 4.78 is 56.5. The molecule has 1 aliphatic heterocycles. The van der Waals surface area contributed by atoms with Crippen LogP contribution in [0.5, 0.6) is 0 Å². The molecule has 1 atom stereocenters. The topological polar surface area (TPSA) is 3.24 Å². The molecule has 4 rings (SSSR count). The fourth-order valence-corrected chi connectivity index (χ4v) is 4.27. The van der Waals surface area contributed by atoms with Gasteiger partial charge in [0.25, 0.3) is 0 Å². The minimum atomic E-state index is -1.14. The van der Waals surface area contributed by atoms with Gasteiger partial charge < -0.3 is 0 Å². The molecule has 0 saturated carbocycles. The summed E-state index contributed by atoms with van der Waals surface area (Å²) in [5, 5.41) is 0. The van der Waals surface area contributed by atoms with Crippen LogP contribution in [0.2, 0.25) is 0 Å². The van der Waals surface area contributed by atoms with E-state index in [1.54, 1.807) is 6.07 Å². The van der Waals surface area contributed by atoms with Crippen LogP contribution < -0.4 is 0 Å². The highest BCUT2D eigenvalue weighted by Gasteiger charge is 2.22. The minimum absolute atomic E-state index is 0.103. The largest absolute Gasteiger partial charge is 0.299 e. The van der Waals surface area contributed by atoms with Crippen LogP contribution in [0, 0.1) is 30.2 Å². The Labute approximate surface area is 186 Å². The van der Waals surface area contributed by atoms with E-state index in [1.807, 2.05) is 48.5 Å². The second kappa shape index (κ2) is 9.29. The molecule has 1 nitrogen and oxygen atoms in total. The third-order valence-electron chi connectivity index (χ3n) is 6.19. The molecule has 3 aromatic rings. The van der Waals surface area contributed by atoms with E-state index in [-0.39, 0.29) is 22.9 Å². The number of nitrogens with zero attached hydrogens (tertiary/aromatic N) is 1. The highest BCUT2D eigenvalue weighted by atomic mass is 19.2. The van der Waals surface area contributed by atoms with E-state index in [0.29, 0.717) is 37.2 Å². The first-order valence-corrected chi connectivity index (χ1v) is 10.8. The number of rotatable bonds is 5. The molecule has 0 bridgehead atoms. The van der Waals surface area contributed by atoms with Gasteiger partial charge in [-0.25, -0.2) is 17.6 Å². The van der Waals surface area contributed by atoms with Gasteiger partial charge in [-0.2, -0.15) is 0 Å². The average molecular weight is 439 g/mol. The van der Waals surface area contributed by atoms with Crippen LogP contribution in [-0.2, 0) is 0 Å². The van der Waals surface area contributed by atoms with Crippen LogP contribution >= 0.6 is 0 Å². The van der Waals surface area contributed by atoms with E-state index in [1.165, 1.54) is 6.92 Å². The Bertz CT molecular complexity index is 1150. The Morgan fingerprint density at radius 3 is 2.28 bits per heavy atom. The Hall–Kier alpha value is -2.92. The summed E-state index contributed by atoms with van der Waals surface area (Å²) in [5.74, 6) is -3.01. The molecule has 1 aliphatic rings. The molecule has 0 fully saturated rings. The highest BCUT2D eigenvalue weighted by Crippen LogP contribution is 2.31. The van der Waals surface area contributed by atoms with Gasteiger partial charge in [-0.3, -0.25) is 4.90 Å². The average Bonchev–Trinajstić information content (AvgIpc) is 2.81. The van der Waals surface area contributed by atoms with Gasteiger partial charge in [-0.05, 0) is 48.1 Å². The highest BCUT2D eigenvalue weighted by molar-refractivity contribution is 5.68. The van der Waals surface area contributed by atoms with Crippen molar-refractivity contribution in [3.8, 4) is 11.1 Å². The summed E-state index contributed by atoms with van der Waals surface area (Å²) in [6.45, 7) is 5.25. The fraction of sp³-hybridized carbons (Fsp3) is 0.259. The van der Waals surface area contributed by atoms with E-state index in [9.17, 15) is 17.6 Å². The van der Waals surface area contributed by atoms with Gasteiger partial charge in [-0.15, -0.1) is 0 Å². The van der Waals surface area contributed by atoms with Crippen molar-refractivity contribution in [2.75, 3.05) is 19.6 Å². The Kier molecular flexibility index (Phi) is 6.47. The summed E-state index contributed by atoms with van der Waals surface area (Å²) in [6.07, 6.45) is 2.40. The molecule has 0 radical (unpaired) electrons. The smallest absolute Gasteiger partial charge is 0.164 e. The van der Waals surface area contributed by atoms with Gasteiger partial charge in [0.15, 0.2) is 11.6 Å². The maximum Gasteiger partial charge on any atom is 0.164 e. The SMILES string of the molecule is Cc1c(F)c(F)cc(C2=CCN(CC(C)c3ccc(-c4ccccc4)c(F)c3)CC2)c1F. The number of halogens is 4. The zero-order valence-electron chi connectivity index (χ0n) is 18.1. The Morgan fingerprint density at radius 1 is 0.875 bits per heavy atom. The molecule has 0 amide bonds. The van der Waals surface area contributed by atoms with Crippen LogP contribution in [0.4, 0.5) is 17.6 Å². The summed E-state index contributed by atoms with van der Waals surface area (Å²) >= 11 is 0. The van der Waals surface area contributed by atoms with Crippen LogP contribution in [0.3, 0.4) is 0 Å². The van der Waals surface area contributed by atoms with E-state index < -0.39 is 17.5 Å². The molecule has 1 heterocycles. The standard InChI is InChI=1S/C27H25F4N/c1-17(21-8-9-22(24(28)14-21)19-6-4-3-5-7-19)16-32-12-10-20(11-13-32)23-15-25(29)27(31)18(2)26(23)30/h3-10,14-15,17H,11-13,16H2,1-2H3. The fourth-order valence-electron chi connectivity index (χ4n) is 4.27. The summed E-state index contributed by atoms with van der Waals surface area (Å²) in [5.41, 5.74) is 2.87. The van der Waals surface area contributed by atoms with Gasteiger partial charge >= 0.3 is 0 Å². The first-order valence-electron chi connectivity index (χ1n) is 10.8. The van der Waals surface area contributed by atoms with Gasteiger partial charge in [0.1, 0.15) is 11.6 Å². The summed E-state index contributed by atoms with van der Waals surface area (Å²) in [6, 6.07) is 15.8. The first-order chi connectivity index (χ1) is 15.3. The van der Waals surface area contributed by atoms with Crippen molar-refractivity contribution in [3.63, 3.8) is 0 Å². The van der Waals surface area contributed by atoms with E-state index in [0.717, 1.165) is 17.2 Å². The molecular weight excluding hydrogens is 414 g/mol. The van der Waals surface area contributed by atoms with Crippen LogP contribution in [0.15, 0.2) is 60.7 Å². The van der Waals surface area contributed by atoms with Crippen molar-refractivity contribution >= 4 is 5.57 Å². The van der Waals surface area contributed by atoms with Crippen molar-refractivity contribution in [1.29, 1.82) is 0 Å². The lowest BCUT2D eigenvalue weighted by molar-refractivity contribution is 0.286. The van der Waals surface area contributed by atoms with Crippen molar-refractivity contribution < 1.29 is 17.6 Å². The zero-order valence-corrected chi connectivity index (χ0v) is 18.1. The predicted octanol–water partition coefficient (Wildman–Crippen LogP) is 7.11. The normalized spacial score (nSPS) is 15.5. The molecule has 0 aromatic heterocycles. The van der Waals surface area contributed by atoms with Gasteiger partial charge in [0.2, 0.25) is 0 Å². The second-order valence-corrected chi connectivity index (χ2v) is 8.40. The van der Waals surface area contributed by atoms with Gasteiger partial charge in [-0.1, -0.05) is 55.5 Å². The van der Waals surface area contributed by atoms with Gasteiger partial charge in [0.05, 0.1) is 0 Å². The molecule has 5 heteroatoms. The molecule has 0 N–H and O–H groups in total. The number of benzene rings is 3. The van der Waals surface area contributed by atoms with E-state index in [2.05, 4.69) is 11.8 Å². The van der Waals surface area contributed by atoms with Crippen molar-refractivity contribution in [3.05, 3.63) is 101 Å².